The Kier molecular flexibility index (Phi) is 5.43. The maximum atomic E-state index is 14.4. The van der Waals surface area contributed by atoms with Gasteiger partial charge in [0.25, 0.3) is 0 Å². The summed E-state index contributed by atoms with van der Waals surface area (Å²) < 4.78 is 14.4. The number of hydrogen-bond acceptors (Lipinski definition) is 8. The molecule has 0 radical (unpaired) electrons. The van der Waals surface area contributed by atoms with Crippen LogP contribution in [0.25, 0.3) is 33.4 Å². The fraction of sp³-hybridized carbons (Fsp3) is 0.0800. The number of fused-ring (bicyclic) bond motifs is 1. The Labute approximate surface area is 195 Å². The summed E-state index contributed by atoms with van der Waals surface area (Å²) in [5.74, 6) is 0.222. The first-order valence-corrected chi connectivity index (χ1v) is 10.6. The third-order valence-corrected chi connectivity index (χ3v) is 5.50. The summed E-state index contributed by atoms with van der Waals surface area (Å²) in [6.07, 6.45) is 4.75. The molecule has 5 rings (SSSR count). The predicted octanol–water partition coefficient (Wildman–Crippen LogP) is 4.63. The minimum absolute atomic E-state index is 0.186. The van der Waals surface area contributed by atoms with E-state index in [1.54, 1.807) is 18.5 Å². The Balaban J connectivity index is 1.81. The van der Waals surface area contributed by atoms with Gasteiger partial charge >= 0.3 is 0 Å². The molecule has 0 aliphatic rings. The van der Waals surface area contributed by atoms with Crippen LogP contribution in [0.1, 0.15) is 18.7 Å². The lowest BCUT2D eigenvalue weighted by molar-refractivity contribution is 0.629. The van der Waals surface area contributed by atoms with Crippen molar-refractivity contribution in [2.24, 2.45) is 0 Å². The van der Waals surface area contributed by atoms with Gasteiger partial charge in [0.15, 0.2) is 11.6 Å². The number of pyridine rings is 3. The topological polar surface area (TPSA) is 129 Å². The second-order valence-electron chi connectivity index (χ2n) is 7.73. The van der Waals surface area contributed by atoms with Gasteiger partial charge in [-0.15, -0.1) is 0 Å². The maximum Gasteiger partial charge on any atom is 0.155 e. The Bertz CT molecular complexity index is 1480. The van der Waals surface area contributed by atoms with E-state index in [0.29, 0.717) is 33.8 Å². The standard InChI is InChI=1S/C25H21FN8/c1-14(33-25-22(27)24(28)31-13-32-25)23-21(19-7-3-5-11-30-19)20(18-6-2-4-10-29-18)16-12-15(26)8-9-17(16)34-23/h2-14H,27H2,1H3,(H3,28,31,32,33). The van der Waals surface area contributed by atoms with Gasteiger partial charge in [0.05, 0.1) is 28.6 Å². The fourth-order valence-corrected chi connectivity index (χ4v) is 3.91. The van der Waals surface area contributed by atoms with Gasteiger partial charge in [-0.3, -0.25) is 9.97 Å². The average molecular weight is 452 g/mol. The molecule has 4 heterocycles. The third-order valence-electron chi connectivity index (χ3n) is 5.50. The molecule has 0 amide bonds. The molecule has 5 aromatic rings. The highest BCUT2D eigenvalue weighted by Gasteiger charge is 2.24. The quantitative estimate of drug-likeness (QED) is 0.352. The molecular formula is C25H21FN8. The molecule has 0 aliphatic carbocycles. The van der Waals surface area contributed by atoms with Crippen LogP contribution < -0.4 is 16.8 Å². The molecular weight excluding hydrogens is 431 g/mol. The highest BCUT2D eigenvalue weighted by molar-refractivity contribution is 6.02. The van der Waals surface area contributed by atoms with Crippen LogP contribution >= 0.6 is 0 Å². The minimum atomic E-state index is -0.370. The van der Waals surface area contributed by atoms with E-state index in [0.717, 1.165) is 11.1 Å². The van der Waals surface area contributed by atoms with Crippen molar-refractivity contribution < 1.29 is 4.39 Å². The molecule has 168 valence electrons. The average Bonchev–Trinajstić information content (AvgIpc) is 2.86. The first-order valence-electron chi connectivity index (χ1n) is 10.6. The number of nitrogens with two attached hydrogens (primary N) is 2. The smallest absolute Gasteiger partial charge is 0.155 e. The van der Waals surface area contributed by atoms with Crippen molar-refractivity contribution in [3.63, 3.8) is 0 Å². The van der Waals surface area contributed by atoms with Crippen molar-refractivity contribution in [3.05, 3.63) is 84.8 Å². The zero-order valence-electron chi connectivity index (χ0n) is 18.3. The molecule has 34 heavy (non-hydrogen) atoms. The number of aromatic nitrogens is 5. The highest BCUT2D eigenvalue weighted by atomic mass is 19.1. The number of nitrogens with zero attached hydrogens (tertiary/aromatic N) is 5. The van der Waals surface area contributed by atoms with Gasteiger partial charge in [-0.1, -0.05) is 12.1 Å². The summed E-state index contributed by atoms with van der Waals surface area (Å²) in [6.45, 7) is 1.93. The molecule has 0 bridgehead atoms. The van der Waals surface area contributed by atoms with E-state index >= 15 is 0 Å². The van der Waals surface area contributed by atoms with Crippen LogP contribution in [0.4, 0.5) is 21.7 Å². The number of benzene rings is 1. The first kappa shape index (κ1) is 21.2. The molecule has 1 unspecified atom stereocenters. The van der Waals surface area contributed by atoms with Crippen LogP contribution in [-0.4, -0.2) is 24.9 Å². The van der Waals surface area contributed by atoms with Crippen molar-refractivity contribution in [1.29, 1.82) is 0 Å². The van der Waals surface area contributed by atoms with E-state index < -0.39 is 0 Å². The molecule has 5 N–H and O–H groups in total. The Hall–Kier alpha value is -4.66. The van der Waals surface area contributed by atoms with E-state index in [-0.39, 0.29) is 23.4 Å². The zero-order valence-corrected chi connectivity index (χ0v) is 18.3. The highest BCUT2D eigenvalue weighted by Crippen LogP contribution is 2.41. The number of nitrogens with one attached hydrogen (secondary N) is 1. The van der Waals surface area contributed by atoms with Gasteiger partial charge in [-0.05, 0) is 49.4 Å². The summed E-state index contributed by atoms with van der Waals surface area (Å²) in [4.78, 5) is 22.2. The number of halogens is 1. The molecule has 1 atom stereocenters. The van der Waals surface area contributed by atoms with E-state index in [4.69, 9.17) is 16.5 Å². The second-order valence-corrected chi connectivity index (χ2v) is 7.73. The van der Waals surface area contributed by atoms with Crippen molar-refractivity contribution in [2.45, 2.75) is 13.0 Å². The van der Waals surface area contributed by atoms with Crippen molar-refractivity contribution in [3.8, 4) is 22.5 Å². The Morgan fingerprint density at radius 2 is 1.56 bits per heavy atom. The SMILES string of the molecule is CC(Nc1ncnc(N)c1N)c1nc2ccc(F)cc2c(-c2ccccn2)c1-c1ccccn1. The molecule has 0 saturated carbocycles. The number of anilines is 3. The fourth-order valence-electron chi connectivity index (χ4n) is 3.91. The summed E-state index contributed by atoms with van der Waals surface area (Å²) in [7, 11) is 0. The van der Waals surface area contributed by atoms with Gasteiger partial charge in [0.1, 0.15) is 17.8 Å². The van der Waals surface area contributed by atoms with E-state index in [1.807, 2.05) is 43.3 Å². The van der Waals surface area contributed by atoms with E-state index in [2.05, 4.69) is 25.3 Å². The van der Waals surface area contributed by atoms with Gasteiger partial charge in [-0.25, -0.2) is 19.3 Å². The molecule has 0 aliphatic heterocycles. The zero-order chi connectivity index (χ0) is 23.7. The van der Waals surface area contributed by atoms with Gasteiger partial charge < -0.3 is 16.8 Å². The van der Waals surface area contributed by atoms with Crippen LogP contribution in [0.5, 0.6) is 0 Å². The van der Waals surface area contributed by atoms with E-state index in [1.165, 1.54) is 18.5 Å². The molecule has 9 heteroatoms. The van der Waals surface area contributed by atoms with Gasteiger partial charge in [0, 0.05) is 28.9 Å². The van der Waals surface area contributed by atoms with Crippen molar-refractivity contribution in [1.82, 2.24) is 24.9 Å². The number of nitrogen functional groups attached to an aromatic ring is 2. The lowest BCUT2D eigenvalue weighted by Gasteiger charge is -2.22. The molecule has 0 spiro atoms. The summed E-state index contributed by atoms with van der Waals surface area (Å²) in [6, 6.07) is 15.4. The van der Waals surface area contributed by atoms with Crippen LogP contribution in [0, 0.1) is 5.82 Å². The third kappa shape index (κ3) is 3.83. The normalized spacial score (nSPS) is 11.9. The van der Waals surface area contributed by atoms with E-state index in [9.17, 15) is 4.39 Å². The molecule has 1 aromatic carbocycles. The largest absolute Gasteiger partial charge is 0.393 e. The number of rotatable bonds is 5. The summed E-state index contributed by atoms with van der Waals surface area (Å²) in [5, 5.41) is 3.93. The van der Waals surface area contributed by atoms with Crippen molar-refractivity contribution >= 4 is 28.2 Å². The van der Waals surface area contributed by atoms with Gasteiger partial charge in [0.2, 0.25) is 0 Å². The minimum Gasteiger partial charge on any atom is -0.393 e. The maximum absolute atomic E-state index is 14.4. The van der Waals surface area contributed by atoms with Crippen LogP contribution in [0.3, 0.4) is 0 Å². The number of hydrogen-bond donors (Lipinski definition) is 3. The molecule has 4 aromatic heterocycles. The molecule has 8 nitrogen and oxygen atoms in total. The van der Waals surface area contributed by atoms with Crippen LogP contribution in [0.2, 0.25) is 0 Å². The Morgan fingerprint density at radius 3 is 2.24 bits per heavy atom. The summed E-state index contributed by atoms with van der Waals surface area (Å²) >= 11 is 0. The van der Waals surface area contributed by atoms with Crippen molar-refractivity contribution in [2.75, 3.05) is 16.8 Å². The van der Waals surface area contributed by atoms with Crippen LogP contribution in [0.15, 0.2) is 73.3 Å². The molecule has 0 saturated heterocycles. The summed E-state index contributed by atoms with van der Waals surface area (Å²) in [5.41, 5.74) is 16.3. The first-order chi connectivity index (χ1) is 16.5. The lowest BCUT2D eigenvalue weighted by Crippen LogP contribution is -2.15. The van der Waals surface area contributed by atoms with Crippen LogP contribution in [-0.2, 0) is 0 Å². The monoisotopic (exact) mass is 452 g/mol. The Morgan fingerprint density at radius 1 is 0.853 bits per heavy atom. The second kappa shape index (κ2) is 8.70. The lowest BCUT2D eigenvalue weighted by atomic mass is 9.92. The predicted molar refractivity (Wildman–Crippen MR) is 131 cm³/mol. The van der Waals surface area contributed by atoms with Gasteiger partial charge in [-0.2, -0.15) is 0 Å². The molecule has 0 fully saturated rings.